The highest BCUT2D eigenvalue weighted by molar-refractivity contribution is 7.90. The highest BCUT2D eigenvalue weighted by Crippen LogP contribution is 2.27. The van der Waals surface area contributed by atoms with E-state index in [1.165, 1.54) is 16.7 Å². The number of H-pyrrole nitrogens is 1. The summed E-state index contributed by atoms with van der Waals surface area (Å²) >= 11 is 0. The van der Waals surface area contributed by atoms with Gasteiger partial charge in [-0.15, -0.1) is 0 Å². The molecule has 0 spiro atoms. The van der Waals surface area contributed by atoms with Crippen molar-refractivity contribution in [3.8, 4) is 16.9 Å². The summed E-state index contributed by atoms with van der Waals surface area (Å²) in [6.07, 6.45) is 1.80. The van der Waals surface area contributed by atoms with E-state index in [0.29, 0.717) is 43.0 Å². The van der Waals surface area contributed by atoms with E-state index in [9.17, 15) is 18.0 Å². The lowest BCUT2D eigenvalue weighted by molar-refractivity contribution is 0.0631. The smallest absolute Gasteiger partial charge is 0.331 e. The van der Waals surface area contributed by atoms with Gasteiger partial charge in [0.05, 0.1) is 16.3 Å². The van der Waals surface area contributed by atoms with Crippen LogP contribution in [0, 0.1) is 0 Å². The van der Waals surface area contributed by atoms with Crippen LogP contribution in [0.15, 0.2) is 94.6 Å². The molecule has 3 aromatic carbocycles. The summed E-state index contributed by atoms with van der Waals surface area (Å²) in [6, 6.07) is 25.3. The second-order valence-electron chi connectivity index (χ2n) is 9.17. The van der Waals surface area contributed by atoms with Crippen molar-refractivity contribution in [3.63, 3.8) is 0 Å². The summed E-state index contributed by atoms with van der Waals surface area (Å²) in [6.45, 7) is 1.79. The van der Waals surface area contributed by atoms with E-state index in [1.54, 1.807) is 12.1 Å². The van der Waals surface area contributed by atoms with Crippen molar-refractivity contribution in [2.45, 2.75) is 17.4 Å². The van der Waals surface area contributed by atoms with Gasteiger partial charge in [-0.25, -0.2) is 13.2 Å². The predicted octanol–water partition coefficient (Wildman–Crippen LogP) is 2.89. The van der Waals surface area contributed by atoms with Crippen LogP contribution in [-0.4, -0.2) is 60.7 Å². The van der Waals surface area contributed by atoms with Crippen molar-refractivity contribution in [2.75, 3.05) is 25.9 Å². The largest absolute Gasteiger partial charge is 0.331 e. The maximum Gasteiger partial charge on any atom is 0.331 e. The minimum atomic E-state index is -3.50. The highest BCUT2D eigenvalue weighted by atomic mass is 32.2. The molecule has 1 fully saturated rings. The summed E-state index contributed by atoms with van der Waals surface area (Å²) in [5.41, 5.74) is 2.23. The third kappa shape index (κ3) is 5.14. The fourth-order valence-electron chi connectivity index (χ4n) is 4.80. The molecule has 1 atom stereocenters. The molecule has 0 unspecified atom stereocenters. The lowest BCUT2D eigenvalue weighted by Gasteiger charge is -2.36. The van der Waals surface area contributed by atoms with Gasteiger partial charge in [0.15, 0.2) is 9.84 Å². The molecule has 5 rings (SSSR count). The molecule has 1 aliphatic heterocycles. The minimum absolute atomic E-state index is 0.0901. The Kier molecular flexibility index (Phi) is 6.82. The average Bonchev–Trinajstić information content (AvgIpc) is 3.26. The van der Waals surface area contributed by atoms with E-state index in [1.807, 2.05) is 65.6 Å². The lowest BCUT2D eigenvalue weighted by Crippen LogP contribution is -2.54. The molecule has 2 N–H and O–H groups in total. The molecule has 1 aromatic heterocycles. The second-order valence-corrected chi connectivity index (χ2v) is 11.2. The fraction of sp³-hybridized carbons (Fsp3) is 0.214. The maximum absolute atomic E-state index is 14.0. The Morgan fingerprint density at radius 3 is 2.38 bits per heavy atom. The summed E-state index contributed by atoms with van der Waals surface area (Å²) in [5.74, 6) is -0.267. The molecule has 0 saturated carbocycles. The molecule has 1 saturated heterocycles. The van der Waals surface area contributed by atoms with Crippen molar-refractivity contribution in [3.05, 3.63) is 107 Å². The molecule has 9 heteroatoms. The predicted molar refractivity (Wildman–Crippen MR) is 143 cm³/mol. The summed E-state index contributed by atoms with van der Waals surface area (Å²) in [7, 11) is -3.50. The first-order valence-corrected chi connectivity index (χ1v) is 14.0. The molecule has 37 heavy (non-hydrogen) atoms. The third-order valence-electron chi connectivity index (χ3n) is 6.59. The number of nitrogens with one attached hydrogen (secondary N) is 2. The molecule has 0 radical (unpaired) electrons. The van der Waals surface area contributed by atoms with Crippen LogP contribution in [0.1, 0.15) is 16.1 Å². The quantitative estimate of drug-likeness (QED) is 0.410. The van der Waals surface area contributed by atoms with Gasteiger partial charge in [0.1, 0.15) is 5.69 Å². The molecule has 4 aromatic rings. The number of benzene rings is 3. The van der Waals surface area contributed by atoms with Crippen LogP contribution in [0.2, 0.25) is 0 Å². The number of aromatic amines is 1. The van der Waals surface area contributed by atoms with Gasteiger partial charge in [0.2, 0.25) is 0 Å². The first-order valence-electron chi connectivity index (χ1n) is 12.1. The van der Waals surface area contributed by atoms with Crippen molar-refractivity contribution < 1.29 is 13.2 Å². The van der Waals surface area contributed by atoms with Gasteiger partial charge in [-0.2, -0.15) is 0 Å². The number of carbonyl (C=O) groups excluding carboxylic acids is 1. The zero-order valence-corrected chi connectivity index (χ0v) is 21.2. The SMILES string of the molecule is CS(=O)(=O)c1cccc(-n2c(-c3ccccc3)c(C(=O)N3CCNC[C@H]3Cc3ccccc3)[nH]c2=O)c1. The molecule has 1 aliphatic rings. The normalized spacial score (nSPS) is 16.0. The number of amides is 1. The van der Waals surface area contributed by atoms with Crippen LogP contribution < -0.4 is 11.0 Å². The first kappa shape index (κ1) is 24.7. The zero-order chi connectivity index (χ0) is 26.0. The number of rotatable bonds is 6. The van der Waals surface area contributed by atoms with Crippen LogP contribution in [0.3, 0.4) is 0 Å². The van der Waals surface area contributed by atoms with E-state index in [4.69, 9.17) is 0 Å². The number of imidazole rings is 1. The Balaban J connectivity index is 1.62. The van der Waals surface area contributed by atoms with Crippen molar-refractivity contribution >= 4 is 15.7 Å². The van der Waals surface area contributed by atoms with Crippen LogP contribution in [0.25, 0.3) is 16.9 Å². The van der Waals surface area contributed by atoms with E-state index >= 15 is 0 Å². The van der Waals surface area contributed by atoms with Crippen LogP contribution in [0.4, 0.5) is 0 Å². The van der Waals surface area contributed by atoms with Gasteiger partial charge in [0, 0.05) is 37.5 Å². The Morgan fingerprint density at radius 1 is 0.973 bits per heavy atom. The summed E-state index contributed by atoms with van der Waals surface area (Å²) < 4.78 is 25.8. The van der Waals surface area contributed by atoms with Crippen LogP contribution in [-0.2, 0) is 16.3 Å². The Hall–Kier alpha value is -3.95. The molecule has 0 bridgehead atoms. The molecule has 190 valence electrons. The molecule has 2 heterocycles. The Labute approximate surface area is 215 Å². The topological polar surface area (TPSA) is 104 Å². The van der Waals surface area contributed by atoms with Gasteiger partial charge in [-0.3, -0.25) is 9.36 Å². The molecule has 1 amide bonds. The first-order chi connectivity index (χ1) is 17.8. The number of hydrogen-bond donors (Lipinski definition) is 2. The monoisotopic (exact) mass is 516 g/mol. The molecular weight excluding hydrogens is 488 g/mol. The highest BCUT2D eigenvalue weighted by Gasteiger charge is 2.32. The van der Waals surface area contributed by atoms with Crippen LogP contribution >= 0.6 is 0 Å². The van der Waals surface area contributed by atoms with Gasteiger partial charge < -0.3 is 15.2 Å². The van der Waals surface area contributed by atoms with E-state index in [-0.39, 0.29) is 22.5 Å². The van der Waals surface area contributed by atoms with E-state index in [2.05, 4.69) is 10.3 Å². The van der Waals surface area contributed by atoms with E-state index in [0.717, 1.165) is 11.8 Å². The Bertz CT molecular complexity index is 1580. The summed E-state index contributed by atoms with van der Waals surface area (Å²) in [4.78, 5) is 32.1. The number of carbonyl (C=O) groups is 1. The van der Waals surface area contributed by atoms with Gasteiger partial charge in [0.25, 0.3) is 5.91 Å². The minimum Gasteiger partial charge on any atom is -0.331 e. The Morgan fingerprint density at radius 2 is 1.68 bits per heavy atom. The third-order valence-corrected chi connectivity index (χ3v) is 7.70. The maximum atomic E-state index is 14.0. The van der Waals surface area contributed by atoms with Gasteiger partial charge in [-0.05, 0) is 30.2 Å². The van der Waals surface area contributed by atoms with Crippen molar-refractivity contribution in [1.82, 2.24) is 19.8 Å². The van der Waals surface area contributed by atoms with Gasteiger partial charge >= 0.3 is 5.69 Å². The average molecular weight is 517 g/mol. The lowest BCUT2D eigenvalue weighted by atomic mass is 10.0. The zero-order valence-electron chi connectivity index (χ0n) is 20.4. The second kappa shape index (κ2) is 10.2. The summed E-state index contributed by atoms with van der Waals surface area (Å²) in [5, 5.41) is 3.37. The standard InChI is InChI=1S/C28H28N4O4S/c1-37(35,36)24-14-8-13-22(18-24)32-26(21-11-6-3-7-12-21)25(30-28(32)34)27(33)31-16-15-29-19-23(31)17-20-9-4-2-5-10-20/h2-14,18,23,29H,15-17,19H2,1H3,(H,30,34)/t23-/m1/s1. The van der Waals surface area contributed by atoms with Crippen LogP contribution in [0.5, 0.6) is 0 Å². The van der Waals surface area contributed by atoms with Crippen molar-refractivity contribution in [1.29, 1.82) is 0 Å². The fourth-order valence-corrected chi connectivity index (χ4v) is 5.46. The number of hydrogen-bond acceptors (Lipinski definition) is 5. The number of nitrogens with zero attached hydrogens (tertiary/aromatic N) is 2. The molecule has 8 nitrogen and oxygen atoms in total. The van der Waals surface area contributed by atoms with Gasteiger partial charge in [-0.1, -0.05) is 66.7 Å². The number of piperazine rings is 1. The van der Waals surface area contributed by atoms with Crippen molar-refractivity contribution in [2.24, 2.45) is 0 Å². The molecular formula is C28H28N4O4S. The number of sulfone groups is 1. The number of aromatic nitrogens is 2. The van der Waals surface area contributed by atoms with E-state index < -0.39 is 15.5 Å². The molecule has 0 aliphatic carbocycles.